The Morgan fingerprint density at radius 1 is 1.25 bits per heavy atom. The highest BCUT2D eigenvalue weighted by Crippen LogP contribution is 2.25. The van der Waals surface area contributed by atoms with Gasteiger partial charge in [-0.05, 0) is 24.3 Å². The summed E-state index contributed by atoms with van der Waals surface area (Å²) >= 11 is 1.53. The SMILES string of the molecule is N#Cc1ccc(CNc2nc3ccccc3s2)c(F)c1. The highest BCUT2D eigenvalue weighted by atomic mass is 32.1. The molecule has 98 valence electrons. The third kappa shape index (κ3) is 2.46. The zero-order valence-electron chi connectivity index (χ0n) is 10.4. The van der Waals surface area contributed by atoms with Gasteiger partial charge in [-0.2, -0.15) is 5.26 Å². The van der Waals surface area contributed by atoms with Gasteiger partial charge < -0.3 is 5.32 Å². The van der Waals surface area contributed by atoms with Crippen LogP contribution < -0.4 is 5.32 Å². The molecule has 0 bridgehead atoms. The first kappa shape index (κ1) is 12.6. The fourth-order valence-corrected chi connectivity index (χ4v) is 2.74. The molecule has 0 unspecified atom stereocenters. The molecule has 1 N–H and O–H groups in total. The van der Waals surface area contributed by atoms with Crippen molar-refractivity contribution in [3.05, 3.63) is 59.4 Å². The second-order valence-corrected chi connectivity index (χ2v) is 5.29. The van der Waals surface area contributed by atoms with Crippen LogP contribution >= 0.6 is 11.3 Å². The Morgan fingerprint density at radius 2 is 2.10 bits per heavy atom. The molecule has 0 fully saturated rings. The number of rotatable bonds is 3. The van der Waals surface area contributed by atoms with Gasteiger partial charge in [0.2, 0.25) is 0 Å². The third-order valence-corrected chi connectivity index (χ3v) is 3.90. The summed E-state index contributed by atoms with van der Waals surface area (Å²) in [6, 6.07) is 14.2. The van der Waals surface area contributed by atoms with Crippen LogP contribution in [0.15, 0.2) is 42.5 Å². The van der Waals surface area contributed by atoms with E-state index >= 15 is 0 Å². The van der Waals surface area contributed by atoms with Crippen LogP contribution in [0.3, 0.4) is 0 Å². The molecule has 0 amide bonds. The van der Waals surface area contributed by atoms with E-state index in [1.807, 2.05) is 30.3 Å². The Kier molecular flexibility index (Phi) is 3.32. The van der Waals surface area contributed by atoms with Crippen LogP contribution in [-0.2, 0) is 6.54 Å². The summed E-state index contributed by atoms with van der Waals surface area (Å²) in [5.74, 6) is -0.377. The number of halogens is 1. The minimum atomic E-state index is -0.377. The first-order valence-electron chi connectivity index (χ1n) is 6.04. The third-order valence-electron chi connectivity index (χ3n) is 2.91. The number of nitrogens with one attached hydrogen (secondary N) is 1. The van der Waals surface area contributed by atoms with Crippen LogP contribution in [-0.4, -0.2) is 4.98 Å². The molecule has 0 aliphatic heterocycles. The smallest absolute Gasteiger partial charge is 0.184 e. The highest BCUT2D eigenvalue weighted by molar-refractivity contribution is 7.22. The average Bonchev–Trinajstić information content (AvgIpc) is 2.88. The van der Waals surface area contributed by atoms with Crippen molar-refractivity contribution in [1.82, 2.24) is 4.98 Å². The summed E-state index contributed by atoms with van der Waals surface area (Å²) in [6.45, 7) is 0.345. The molecule has 0 aliphatic carbocycles. The van der Waals surface area contributed by atoms with E-state index in [9.17, 15) is 4.39 Å². The molecule has 3 aromatic rings. The molecule has 3 nitrogen and oxygen atoms in total. The molecule has 0 radical (unpaired) electrons. The van der Waals surface area contributed by atoms with Crippen molar-refractivity contribution in [2.75, 3.05) is 5.32 Å². The van der Waals surface area contributed by atoms with Gasteiger partial charge in [0.15, 0.2) is 5.13 Å². The molecule has 0 spiro atoms. The lowest BCUT2D eigenvalue weighted by atomic mass is 10.1. The van der Waals surface area contributed by atoms with Crippen molar-refractivity contribution in [1.29, 1.82) is 5.26 Å². The second-order valence-electron chi connectivity index (χ2n) is 4.26. The number of benzene rings is 2. The number of hydrogen-bond acceptors (Lipinski definition) is 4. The van der Waals surface area contributed by atoms with Gasteiger partial charge in [0, 0.05) is 12.1 Å². The molecule has 0 saturated carbocycles. The Hall–Kier alpha value is -2.45. The van der Waals surface area contributed by atoms with Gasteiger partial charge in [-0.25, -0.2) is 9.37 Å². The van der Waals surface area contributed by atoms with E-state index in [-0.39, 0.29) is 5.82 Å². The number of thiazole rings is 1. The van der Waals surface area contributed by atoms with Crippen molar-refractivity contribution < 1.29 is 4.39 Å². The van der Waals surface area contributed by atoms with Gasteiger partial charge in [-0.15, -0.1) is 0 Å². The quantitative estimate of drug-likeness (QED) is 0.792. The van der Waals surface area contributed by atoms with Gasteiger partial charge in [-0.1, -0.05) is 29.5 Å². The number of para-hydroxylation sites is 1. The molecule has 1 aromatic heterocycles. The van der Waals surface area contributed by atoms with Crippen molar-refractivity contribution in [2.45, 2.75) is 6.54 Å². The van der Waals surface area contributed by atoms with E-state index in [1.165, 1.54) is 17.4 Å². The lowest BCUT2D eigenvalue weighted by Gasteiger charge is -2.04. The Bertz CT molecular complexity index is 771. The monoisotopic (exact) mass is 283 g/mol. The van der Waals surface area contributed by atoms with Gasteiger partial charge >= 0.3 is 0 Å². The molecule has 5 heteroatoms. The first-order valence-corrected chi connectivity index (χ1v) is 6.86. The molecule has 1 heterocycles. The fraction of sp³-hybridized carbons (Fsp3) is 0.0667. The molecule has 3 rings (SSSR count). The molecule has 2 aromatic carbocycles. The van der Waals surface area contributed by atoms with Crippen molar-refractivity contribution >= 4 is 26.7 Å². The van der Waals surface area contributed by atoms with Crippen molar-refractivity contribution in [3.63, 3.8) is 0 Å². The van der Waals surface area contributed by atoms with E-state index in [1.54, 1.807) is 12.1 Å². The lowest BCUT2D eigenvalue weighted by Crippen LogP contribution is -2.01. The largest absolute Gasteiger partial charge is 0.357 e. The Morgan fingerprint density at radius 3 is 2.85 bits per heavy atom. The molecular formula is C15H10FN3S. The predicted octanol–water partition coefficient (Wildman–Crippen LogP) is 3.92. The van der Waals surface area contributed by atoms with Crippen molar-refractivity contribution in [3.8, 4) is 6.07 Å². The summed E-state index contributed by atoms with van der Waals surface area (Å²) in [5, 5.41) is 12.6. The number of fused-ring (bicyclic) bond motifs is 1. The summed E-state index contributed by atoms with van der Waals surface area (Å²) < 4.78 is 14.8. The fourth-order valence-electron chi connectivity index (χ4n) is 1.88. The van der Waals surface area contributed by atoms with Gasteiger partial charge in [-0.3, -0.25) is 0 Å². The van der Waals surface area contributed by atoms with E-state index in [0.717, 1.165) is 15.3 Å². The van der Waals surface area contributed by atoms with Gasteiger partial charge in [0.1, 0.15) is 5.82 Å². The van der Waals surface area contributed by atoms with Crippen LogP contribution in [0.1, 0.15) is 11.1 Å². The first-order chi connectivity index (χ1) is 9.76. The van der Waals surface area contributed by atoms with Gasteiger partial charge in [0.25, 0.3) is 0 Å². The lowest BCUT2D eigenvalue weighted by molar-refractivity contribution is 0.612. The number of aromatic nitrogens is 1. The predicted molar refractivity (Wildman–Crippen MR) is 78.1 cm³/mol. The maximum Gasteiger partial charge on any atom is 0.184 e. The Labute approximate surface area is 119 Å². The zero-order chi connectivity index (χ0) is 13.9. The number of nitrogens with zero attached hydrogens (tertiary/aromatic N) is 2. The minimum absolute atomic E-state index is 0.325. The molecule has 0 aliphatic rings. The Balaban J connectivity index is 1.77. The maximum absolute atomic E-state index is 13.7. The van der Waals surface area contributed by atoms with Crippen LogP contribution in [0.5, 0.6) is 0 Å². The standard InChI is InChI=1S/C15H10FN3S/c16-12-7-10(8-17)5-6-11(12)9-18-15-19-13-3-1-2-4-14(13)20-15/h1-7H,9H2,(H,18,19). The zero-order valence-corrected chi connectivity index (χ0v) is 11.2. The normalized spacial score (nSPS) is 10.4. The second kappa shape index (κ2) is 5.27. The average molecular weight is 283 g/mol. The number of nitriles is 1. The maximum atomic E-state index is 13.7. The molecule has 20 heavy (non-hydrogen) atoms. The van der Waals surface area contributed by atoms with Crippen LogP contribution in [0, 0.1) is 17.1 Å². The van der Waals surface area contributed by atoms with E-state index in [2.05, 4.69) is 10.3 Å². The molecular weight excluding hydrogens is 273 g/mol. The van der Waals surface area contributed by atoms with Crippen LogP contribution in [0.2, 0.25) is 0 Å². The number of hydrogen-bond donors (Lipinski definition) is 1. The van der Waals surface area contributed by atoms with E-state index in [4.69, 9.17) is 5.26 Å². The van der Waals surface area contributed by atoms with Crippen molar-refractivity contribution in [2.24, 2.45) is 0 Å². The van der Waals surface area contributed by atoms with Crippen LogP contribution in [0.4, 0.5) is 9.52 Å². The van der Waals surface area contributed by atoms with E-state index in [0.29, 0.717) is 17.7 Å². The number of anilines is 1. The molecule has 0 atom stereocenters. The molecule has 0 saturated heterocycles. The topological polar surface area (TPSA) is 48.7 Å². The minimum Gasteiger partial charge on any atom is -0.357 e. The summed E-state index contributed by atoms with van der Waals surface area (Å²) in [7, 11) is 0. The summed E-state index contributed by atoms with van der Waals surface area (Å²) in [4.78, 5) is 4.42. The van der Waals surface area contributed by atoms with Crippen LogP contribution in [0.25, 0.3) is 10.2 Å². The van der Waals surface area contributed by atoms with Gasteiger partial charge in [0.05, 0.1) is 21.8 Å². The summed E-state index contributed by atoms with van der Waals surface area (Å²) in [5.41, 5.74) is 1.77. The van der Waals surface area contributed by atoms with E-state index < -0.39 is 0 Å². The summed E-state index contributed by atoms with van der Waals surface area (Å²) in [6.07, 6.45) is 0. The highest BCUT2D eigenvalue weighted by Gasteiger charge is 2.06.